The van der Waals surface area contributed by atoms with Gasteiger partial charge in [0.15, 0.2) is 13.2 Å². The molecule has 0 bridgehead atoms. The monoisotopic (exact) mass is 346 g/mol. The minimum atomic E-state index is -0.000231. The van der Waals surface area contributed by atoms with Crippen LogP contribution in [0.2, 0.25) is 0 Å². The zero-order valence-corrected chi connectivity index (χ0v) is 14.8. The first-order valence-corrected chi connectivity index (χ1v) is 8.99. The highest BCUT2D eigenvalue weighted by Gasteiger charge is 2.35. The lowest BCUT2D eigenvalue weighted by Crippen LogP contribution is -2.30. The lowest BCUT2D eigenvalue weighted by Gasteiger charge is -2.38. The van der Waals surface area contributed by atoms with Crippen LogP contribution in [0.3, 0.4) is 0 Å². The molecule has 1 aliphatic carbocycles. The molecule has 3 rings (SSSR count). The van der Waals surface area contributed by atoms with Crippen molar-refractivity contribution in [3.8, 4) is 23.6 Å². The molecule has 0 radical (unpaired) electrons. The van der Waals surface area contributed by atoms with Crippen LogP contribution in [0.5, 0.6) is 11.5 Å². The SMILES string of the molecule is N#CCOc1ccc(C2(c3ccc(OCC#N)cc3)CCCCC2)cc1. The van der Waals surface area contributed by atoms with E-state index in [0.717, 1.165) is 24.3 Å². The molecule has 0 spiro atoms. The predicted octanol–water partition coefficient (Wildman–Crippen LogP) is 4.74. The molecule has 0 saturated heterocycles. The molecule has 0 N–H and O–H groups in total. The molecule has 26 heavy (non-hydrogen) atoms. The number of benzene rings is 2. The van der Waals surface area contributed by atoms with Crippen molar-refractivity contribution in [3.05, 3.63) is 59.7 Å². The van der Waals surface area contributed by atoms with Gasteiger partial charge in [0.1, 0.15) is 23.6 Å². The van der Waals surface area contributed by atoms with Crippen molar-refractivity contribution in [1.29, 1.82) is 10.5 Å². The maximum atomic E-state index is 8.65. The maximum absolute atomic E-state index is 8.65. The molecule has 132 valence electrons. The summed E-state index contributed by atoms with van der Waals surface area (Å²) in [5.74, 6) is 1.45. The molecule has 0 aromatic heterocycles. The van der Waals surface area contributed by atoms with E-state index < -0.39 is 0 Å². The fourth-order valence-corrected chi connectivity index (χ4v) is 3.87. The van der Waals surface area contributed by atoms with Crippen molar-refractivity contribution in [1.82, 2.24) is 0 Å². The second-order valence-electron chi connectivity index (χ2n) is 6.59. The average molecular weight is 346 g/mol. The molecular formula is C22H22N2O2. The van der Waals surface area contributed by atoms with Crippen LogP contribution >= 0.6 is 0 Å². The topological polar surface area (TPSA) is 66.0 Å². The normalized spacial score (nSPS) is 15.5. The lowest BCUT2D eigenvalue weighted by molar-refractivity contribution is 0.342. The molecule has 0 unspecified atom stereocenters. The van der Waals surface area contributed by atoms with Gasteiger partial charge in [0.25, 0.3) is 0 Å². The summed E-state index contributed by atoms with van der Waals surface area (Å²) in [4.78, 5) is 0. The Labute approximate surface area is 154 Å². The van der Waals surface area contributed by atoms with Gasteiger partial charge in [-0.15, -0.1) is 0 Å². The van der Waals surface area contributed by atoms with Crippen LogP contribution in [0.1, 0.15) is 43.2 Å². The fourth-order valence-electron chi connectivity index (χ4n) is 3.87. The summed E-state index contributed by atoms with van der Waals surface area (Å²) in [6.07, 6.45) is 5.92. The van der Waals surface area contributed by atoms with Crippen molar-refractivity contribution < 1.29 is 9.47 Å². The van der Waals surface area contributed by atoms with E-state index in [1.54, 1.807) is 0 Å². The molecular weight excluding hydrogens is 324 g/mol. The highest BCUT2D eigenvalue weighted by atomic mass is 16.5. The van der Waals surface area contributed by atoms with E-state index in [2.05, 4.69) is 24.3 Å². The Hall–Kier alpha value is -2.98. The standard InChI is InChI=1S/C22H22N2O2/c23-14-16-25-20-8-4-18(5-9-20)22(12-2-1-3-13-22)19-6-10-21(11-7-19)26-17-15-24/h4-11H,1-3,12-13,16-17H2. The van der Waals surface area contributed by atoms with Crippen molar-refractivity contribution in [2.75, 3.05) is 13.2 Å². The van der Waals surface area contributed by atoms with Crippen molar-refractivity contribution in [2.24, 2.45) is 0 Å². The van der Waals surface area contributed by atoms with Gasteiger partial charge < -0.3 is 9.47 Å². The molecule has 2 aromatic rings. The molecule has 4 nitrogen and oxygen atoms in total. The van der Waals surface area contributed by atoms with Crippen molar-refractivity contribution in [2.45, 2.75) is 37.5 Å². The first-order chi connectivity index (χ1) is 12.8. The Kier molecular flexibility index (Phi) is 5.77. The van der Waals surface area contributed by atoms with E-state index in [9.17, 15) is 0 Å². The first-order valence-electron chi connectivity index (χ1n) is 8.99. The van der Waals surface area contributed by atoms with Crippen LogP contribution in [0.4, 0.5) is 0 Å². The van der Waals surface area contributed by atoms with Gasteiger partial charge in [-0.2, -0.15) is 10.5 Å². The highest BCUT2D eigenvalue weighted by molar-refractivity contribution is 5.43. The maximum Gasteiger partial charge on any atom is 0.174 e. The fraction of sp³-hybridized carbons (Fsp3) is 0.364. The van der Waals surface area contributed by atoms with Crippen LogP contribution in [0, 0.1) is 22.7 Å². The number of nitriles is 2. The van der Waals surface area contributed by atoms with Gasteiger partial charge in [0, 0.05) is 5.41 Å². The van der Waals surface area contributed by atoms with Gasteiger partial charge in [-0.05, 0) is 48.2 Å². The Morgan fingerprint density at radius 2 is 1.12 bits per heavy atom. The molecule has 1 aliphatic rings. The number of hydrogen-bond acceptors (Lipinski definition) is 4. The molecule has 0 heterocycles. The Morgan fingerprint density at radius 3 is 1.50 bits per heavy atom. The Bertz CT molecular complexity index is 729. The third-order valence-electron chi connectivity index (χ3n) is 5.13. The Balaban J connectivity index is 1.89. The van der Waals surface area contributed by atoms with Gasteiger partial charge in [-0.1, -0.05) is 43.5 Å². The zero-order valence-electron chi connectivity index (χ0n) is 14.8. The molecule has 1 fully saturated rings. The number of hydrogen-bond donors (Lipinski definition) is 0. The second-order valence-corrected chi connectivity index (χ2v) is 6.59. The van der Waals surface area contributed by atoms with Crippen LogP contribution in [0.15, 0.2) is 48.5 Å². The number of nitrogens with zero attached hydrogens (tertiary/aromatic N) is 2. The van der Waals surface area contributed by atoms with Crippen molar-refractivity contribution >= 4 is 0 Å². The molecule has 1 saturated carbocycles. The van der Waals surface area contributed by atoms with Crippen LogP contribution in [-0.2, 0) is 5.41 Å². The Morgan fingerprint density at radius 1 is 0.692 bits per heavy atom. The van der Waals surface area contributed by atoms with E-state index in [4.69, 9.17) is 20.0 Å². The van der Waals surface area contributed by atoms with Gasteiger partial charge in [-0.25, -0.2) is 0 Å². The van der Waals surface area contributed by atoms with Gasteiger partial charge in [0.05, 0.1) is 0 Å². The number of ether oxygens (including phenoxy) is 2. The third-order valence-corrected chi connectivity index (χ3v) is 5.13. The van der Waals surface area contributed by atoms with Gasteiger partial charge in [-0.3, -0.25) is 0 Å². The summed E-state index contributed by atoms with van der Waals surface area (Å²) in [5.41, 5.74) is 2.57. The quantitative estimate of drug-likeness (QED) is 0.757. The minimum Gasteiger partial charge on any atom is -0.479 e. The van der Waals surface area contributed by atoms with Crippen LogP contribution < -0.4 is 9.47 Å². The summed E-state index contributed by atoms with van der Waals surface area (Å²) < 4.78 is 10.8. The summed E-state index contributed by atoms with van der Waals surface area (Å²) in [5, 5.41) is 17.3. The molecule has 0 aliphatic heterocycles. The third kappa shape index (κ3) is 3.81. The average Bonchev–Trinajstić information content (AvgIpc) is 2.72. The van der Waals surface area contributed by atoms with E-state index in [1.807, 2.05) is 36.4 Å². The summed E-state index contributed by atoms with van der Waals surface area (Å²) >= 11 is 0. The second kappa shape index (κ2) is 8.41. The summed E-state index contributed by atoms with van der Waals surface area (Å²) in [6, 6.07) is 20.3. The molecule has 2 aromatic carbocycles. The largest absolute Gasteiger partial charge is 0.479 e. The van der Waals surface area contributed by atoms with Crippen LogP contribution in [0.25, 0.3) is 0 Å². The molecule has 0 amide bonds. The smallest absolute Gasteiger partial charge is 0.174 e. The van der Waals surface area contributed by atoms with Crippen LogP contribution in [-0.4, -0.2) is 13.2 Å². The molecule has 4 heteroatoms. The van der Waals surface area contributed by atoms with Gasteiger partial charge >= 0.3 is 0 Å². The van der Waals surface area contributed by atoms with E-state index in [1.165, 1.54) is 30.4 Å². The van der Waals surface area contributed by atoms with E-state index in [0.29, 0.717) is 0 Å². The van der Waals surface area contributed by atoms with E-state index in [-0.39, 0.29) is 18.6 Å². The van der Waals surface area contributed by atoms with E-state index >= 15 is 0 Å². The lowest BCUT2D eigenvalue weighted by atomic mass is 9.65. The summed E-state index contributed by atoms with van der Waals surface area (Å²) in [7, 11) is 0. The predicted molar refractivity (Wildman–Crippen MR) is 99.0 cm³/mol. The first kappa shape index (κ1) is 17.8. The zero-order chi connectivity index (χ0) is 18.2. The summed E-state index contributed by atoms with van der Waals surface area (Å²) in [6.45, 7) is 0.128. The molecule has 0 atom stereocenters. The van der Waals surface area contributed by atoms with Crippen molar-refractivity contribution in [3.63, 3.8) is 0 Å². The highest BCUT2D eigenvalue weighted by Crippen LogP contribution is 2.45. The van der Waals surface area contributed by atoms with Gasteiger partial charge in [0.2, 0.25) is 0 Å². The minimum absolute atomic E-state index is 0.000231. The number of rotatable bonds is 6.